The third kappa shape index (κ3) is 2.31. The second-order valence-corrected chi connectivity index (χ2v) is 6.12. The summed E-state index contributed by atoms with van der Waals surface area (Å²) in [6.45, 7) is 0. The maximum Gasteiger partial charge on any atom is 0.196 e. The summed E-state index contributed by atoms with van der Waals surface area (Å²) in [5.74, 6) is -0.446. The molecule has 0 amide bonds. The van der Waals surface area contributed by atoms with Gasteiger partial charge in [0.15, 0.2) is 5.78 Å². The van der Waals surface area contributed by atoms with Crippen molar-refractivity contribution in [1.82, 2.24) is 4.98 Å². The van der Waals surface area contributed by atoms with E-state index in [1.807, 2.05) is 12.1 Å². The summed E-state index contributed by atoms with van der Waals surface area (Å²) in [6, 6.07) is 9.76. The molecule has 0 saturated heterocycles. The lowest BCUT2D eigenvalue weighted by Gasteiger charge is -2.04. The standard InChI is InChI=1S/C15H8Br2FNO/c16-8-1-4-13(17)11(5-8)15(20)12-7-19-14-6-9(18)2-3-10(12)14/h1-7,19H. The molecule has 0 atom stereocenters. The summed E-state index contributed by atoms with van der Waals surface area (Å²) in [4.78, 5) is 15.5. The number of carbonyl (C=O) groups excluding carboxylic acids is 1. The fourth-order valence-electron chi connectivity index (χ4n) is 2.10. The van der Waals surface area contributed by atoms with Gasteiger partial charge in [-0.2, -0.15) is 0 Å². The van der Waals surface area contributed by atoms with Crippen molar-refractivity contribution in [3.8, 4) is 0 Å². The van der Waals surface area contributed by atoms with Crippen LogP contribution < -0.4 is 0 Å². The van der Waals surface area contributed by atoms with Gasteiger partial charge in [0.2, 0.25) is 0 Å². The molecule has 100 valence electrons. The van der Waals surface area contributed by atoms with E-state index in [0.717, 1.165) is 8.95 Å². The second kappa shape index (κ2) is 5.14. The van der Waals surface area contributed by atoms with E-state index in [1.165, 1.54) is 12.1 Å². The number of hydrogen-bond acceptors (Lipinski definition) is 1. The molecular weight excluding hydrogens is 389 g/mol. The molecule has 0 bridgehead atoms. The van der Waals surface area contributed by atoms with Crippen molar-refractivity contribution in [1.29, 1.82) is 0 Å². The van der Waals surface area contributed by atoms with Gasteiger partial charge in [0.1, 0.15) is 5.82 Å². The van der Waals surface area contributed by atoms with Crippen LogP contribution in [0.4, 0.5) is 4.39 Å². The summed E-state index contributed by atoms with van der Waals surface area (Å²) >= 11 is 6.74. The smallest absolute Gasteiger partial charge is 0.196 e. The molecule has 0 spiro atoms. The zero-order chi connectivity index (χ0) is 14.3. The van der Waals surface area contributed by atoms with Crippen LogP contribution in [0.2, 0.25) is 0 Å². The lowest BCUT2D eigenvalue weighted by atomic mass is 10.0. The molecule has 5 heteroatoms. The molecule has 0 aliphatic rings. The van der Waals surface area contributed by atoms with Crippen molar-refractivity contribution in [2.75, 3.05) is 0 Å². The van der Waals surface area contributed by atoms with Crippen LogP contribution in [0.1, 0.15) is 15.9 Å². The van der Waals surface area contributed by atoms with Gasteiger partial charge >= 0.3 is 0 Å². The zero-order valence-corrected chi connectivity index (χ0v) is 13.3. The van der Waals surface area contributed by atoms with Gasteiger partial charge in [0, 0.05) is 37.2 Å². The average molecular weight is 397 g/mol. The van der Waals surface area contributed by atoms with E-state index < -0.39 is 0 Å². The van der Waals surface area contributed by atoms with Crippen LogP contribution in [0.15, 0.2) is 51.5 Å². The van der Waals surface area contributed by atoms with Gasteiger partial charge in [-0.15, -0.1) is 0 Å². The molecule has 0 radical (unpaired) electrons. The van der Waals surface area contributed by atoms with Gasteiger partial charge < -0.3 is 4.98 Å². The Balaban J connectivity index is 2.15. The van der Waals surface area contributed by atoms with Crippen molar-refractivity contribution in [3.05, 3.63) is 68.5 Å². The maximum absolute atomic E-state index is 13.2. The minimum absolute atomic E-state index is 0.115. The molecule has 0 aliphatic heterocycles. The third-order valence-corrected chi connectivity index (χ3v) is 4.25. The van der Waals surface area contributed by atoms with Crippen LogP contribution in [0.5, 0.6) is 0 Å². The Bertz CT molecular complexity index is 826. The lowest BCUT2D eigenvalue weighted by Crippen LogP contribution is -2.01. The van der Waals surface area contributed by atoms with Crippen LogP contribution in [0, 0.1) is 5.82 Å². The Hall–Kier alpha value is -1.46. The Kier molecular flexibility index (Phi) is 3.48. The maximum atomic E-state index is 13.2. The normalized spacial score (nSPS) is 10.9. The average Bonchev–Trinajstić information content (AvgIpc) is 2.83. The van der Waals surface area contributed by atoms with E-state index in [1.54, 1.807) is 18.3 Å². The van der Waals surface area contributed by atoms with E-state index in [0.29, 0.717) is 22.0 Å². The predicted octanol–water partition coefficient (Wildman–Crippen LogP) is 5.06. The van der Waals surface area contributed by atoms with Gasteiger partial charge in [-0.25, -0.2) is 4.39 Å². The Morgan fingerprint density at radius 3 is 2.65 bits per heavy atom. The molecule has 0 saturated carbocycles. The Labute approximate surface area is 131 Å². The van der Waals surface area contributed by atoms with Crippen molar-refractivity contribution in [2.45, 2.75) is 0 Å². The Morgan fingerprint density at radius 2 is 1.85 bits per heavy atom. The highest BCUT2D eigenvalue weighted by molar-refractivity contribution is 9.11. The molecule has 3 aromatic rings. The molecule has 0 aliphatic carbocycles. The van der Waals surface area contributed by atoms with Gasteiger partial charge in [-0.3, -0.25) is 4.79 Å². The molecule has 1 aromatic heterocycles. The van der Waals surface area contributed by atoms with Gasteiger partial charge in [-0.05, 0) is 36.4 Å². The first-order chi connectivity index (χ1) is 9.56. The van der Waals surface area contributed by atoms with Crippen LogP contribution in [-0.2, 0) is 0 Å². The fraction of sp³-hybridized carbons (Fsp3) is 0. The second-order valence-electron chi connectivity index (χ2n) is 4.35. The van der Waals surface area contributed by atoms with E-state index in [-0.39, 0.29) is 11.6 Å². The van der Waals surface area contributed by atoms with Crippen molar-refractivity contribution < 1.29 is 9.18 Å². The topological polar surface area (TPSA) is 32.9 Å². The molecule has 20 heavy (non-hydrogen) atoms. The number of carbonyl (C=O) groups is 1. The van der Waals surface area contributed by atoms with E-state index >= 15 is 0 Å². The minimum Gasteiger partial charge on any atom is -0.360 e. The first-order valence-electron chi connectivity index (χ1n) is 5.82. The summed E-state index contributed by atoms with van der Waals surface area (Å²) < 4.78 is 14.7. The number of aromatic nitrogens is 1. The quantitative estimate of drug-likeness (QED) is 0.603. The number of halogens is 3. The van der Waals surface area contributed by atoms with Crippen LogP contribution in [0.25, 0.3) is 10.9 Å². The third-order valence-electron chi connectivity index (χ3n) is 3.06. The molecule has 2 aromatic carbocycles. The lowest BCUT2D eigenvalue weighted by molar-refractivity contribution is 0.103. The Morgan fingerprint density at radius 1 is 1.05 bits per heavy atom. The number of hydrogen-bond donors (Lipinski definition) is 1. The predicted molar refractivity (Wildman–Crippen MR) is 83.5 cm³/mol. The SMILES string of the molecule is O=C(c1cc(Br)ccc1Br)c1c[nH]c2cc(F)ccc12. The number of H-pyrrole nitrogens is 1. The molecule has 3 rings (SSSR count). The van der Waals surface area contributed by atoms with Crippen molar-refractivity contribution >= 4 is 48.5 Å². The summed E-state index contributed by atoms with van der Waals surface area (Å²) in [5, 5.41) is 0.711. The number of fused-ring (bicyclic) bond motifs is 1. The van der Waals surface area contributed by atoms with Crippen LogP contribution >= 0.6 is 31.9 Å². The summed E-state index contributed by atoms with van der Waals surface area (Å²) in [7, 11) is 0. The fourth-order valence-corrected chi connectivity index (χ4v) is 2.89. The molecule has 0 fully saturated rings. The van der Waals surface area contributed by atoms with Crippen molar-refractivity contribution in [3.63, 3.8) is 0 Å². The molecule has 1 N–H and O–H groups in total. The zero-order valence-electron chi connectivity index (χ0n) is 10.1. The van der Waals surface area contributed by atoms with E-state index in [2.05, 4.69) is 36.8 Å². The van der Waals surface area contributed by atoms with Gasteiger partial charge in [0.05, 0.1) is 0 Å². The number of rotatable bonds is 2. The van der Waals surface area contributed by atoms with Crippen LogP contribution in [-0.4, -0.2) is 10.8 Å². The van der Waals surface area contributed by atoms with Crippen LogP contribution in [0.3, 0.4) is 0 Å². The number of benzene rings is 2. The summed E-state index contributed by atoms with van der Waals surface area (Å²) in [6.07, 6.45) is 1.61. The molecule has 2 nitrogen and oxygen atoms in total. The minimum atomic E-state index is -0.331. The first-order valence-corrected chi connectivity index (χ1v) is 7.41. The molecular formula is C15H8Br2FNO. The van der Waals surface area contributed by atoms with Gasteiger partial charge in [-0.1, -0.05) is 31.9 Å². The molecule has 0 unspecified atom stereocenters. The molecule has 1 heterocycles. The highest BCUT2D eigenvalue weighted by Crippen LogP contribution is 2.27. The number of nitrogens with one attached hydrogen (secondary N) is 1. The largest absolute Gasteiger partial charge is 0.360 e. The van der Waals surface area contributed by atoms with Gasteiger partial charge in [0.25, 0.3) is 0 Å². The first kappa shape index (κ1) is 13.5. The number of aromatic amines is 1. The highest BCUT2D eigenvalue weighted by Gasteiger charge is 2.17. The van der Waals surface area contributed by atoms with E-state index in [4.69, 9.17) is 0 Å². The van der Waals surface area contributed by atoms with Crippen molar-refractivity contribution in [2.24, 2.45) is 0 Å². The number of ketones is 1. The highest BCUT2D eigenvalue weighted by atomic mass is 79.9. The van der Waals surface area contributed by atoms with E-state index in [9.17, 15) is 9.18 Å². The summed E-state index contributed by atoms with van der Waals surface area (Å²) in [5.41, 5.74) is 1.70. The monoisotopic (exact) mass is 395 g/mol.